The molecule has 0 heterocycles. The summed E-state index contributed by atoms with van der Waals surface area (Å²) in [5.74, 6) is 1.14. The maximum atomic E-state index is 12.4. The molecule has 34 heavy (non-hydrogen) atoms. The first-order valence-corrected chi connectivity index (χ1v) is 12.9. The smallest absolute Gasteiger partial charge is 0.251 e. The maximum Gasteiger partial charge on any atom is 0.251 e. The van der Waals surface area contributed by atoms with Crippen LogP contribution in [-0.2, 0) is 23.0 Å². The van der Waals surface area contributed by atoms with Gasteiger partial charge >= 0.3 is 0 Å². The average Bonchev–Trinajstić information content (AvgIpc) is 2.85. The van der Waals surface area contributed by atoms with Gasteiger partial charge in [-0.25, -0.2) is 8.42 Å². The lowest BCUT2D eigenvalue weighted by atomic mass is 10.1. The highest BCUT2D eigenvalue weighted by atomic mass is 32.2. The van der Waals surface area contributed by atoms with Gasteiger partial charge in [-0.2, -0.15) is 0 Å². The van der Waals surface area contributed by atoms with Gasteiger partial charge < -0.3 is 14.8 Å². The van der Waals surface area contributed by atoms with Gasteiger partial charge in [-0.15, -0.1) is 0 Å². The topological polar surface area (TPSA) is 84.9 Å². The second-order valence-corrected chi connectivity index (χ2v) is 9.68. The van der Waals surface area contributed by atoms with E-state index in [9.17, 15) is 13.2 Å². The molecule has 0 fully saturated rings. The number of anilines is 1. The Kier molecular flexibility index (Phi) is 8.54. The molecule has 0 atom stereocenters. The first-order valence-electron chi connectivity index (χ1n) is 11.0. The number of nitrogens with zero attached hydrogens (tertiary/aromatic N) is 1. The molecule has 0 saturated heterocycles. The number of sulfonamides is 1. The fourth-order valence-corrected chi connectivity index (χ4v) is 4.24. The summed E-state index contributed by atoms with van der Waals surface area (Å²) in [6.07, 6.45) is 2.08. The van der Waals surface area contributed by atoms with Gasteiger partial charge in [-0.1, -0.05) is 37.3 Å². The zero-order valence-corrected chi connectivity index (χ0v) is 20.5. The molecule has 3 rings (SSSR count). The van der Waals surface area contributed by atoms with Crippen molar-refractivity contribution in [1.29, 1.82) is 0 Å². The van der Waals surface area contributed by atoms with E-state index in [1.54, 1.807) is 37.4 Å². The summed E-state index contributed by atoms with van der Waals surface area (Å²) in [5, 5.41) is 2.82. The number of amides is 1. The number of carbonyl (C=O) groups is 1. The van der Waals surface area contributed by atoms with Crippen molar-refractivity contribution in [3.63, 3.8) is 0 Å². The van der Waals surface area contributed by atoms with E-state index in [1.807, 2.05) is 42.5 Å². The minimum Gasteiger partial charge on any atom is -0.497 e. The second kappa shape index (κ2) is 11.6. The van der Waals surface area contributed by atoms with Crippen molar-refractivity contribution in [2.75, 3.05) is 30.8 Å². The van der Waals surface area contributed by atoms with Crippen molar-refractivity contribution in [1.82, 2.24) is 5.32 Å². The van der Waals surface area contributed by atoms with Gasteiger partial charge in [-0.05, 0) is 53.9 Å². The number of methoxy groups -OCH3 is 1. The normalized spacial score (nSPS) is 11.0. The van der Waals surface area contributed by atoms with Crippen LogP contribution < -0.4 is 19.1 Å². The summed E-state index contributed by atoms with van der Waals surface area (Å²) >= 11 is 0. The molecule has 0 spiro atoms. The van der Waals surface area contributed by atoms with E-state index < -0.39 is 10.0 Å². The number of ether oxygens (including phenoxy) is 2. The van der Waals surface area contributed by atoms with Crippen LogP contribution in [0.5, 0.6) is 11.5 Å². The molecule has 0 aliphatic carbocycles. The molecule has 0 bridgehead atoms. The fourth-order valence-electron chi connectivity index (χ4n) is 3.35. The molecule has 0 saturated carbocycles. The standard InChI is InChI=1S/C26H30N2O5S/c1-4-20-10-14-23(15-11-20)28(34(3,30)31)19-21-8-12-22(13-9-21)26(29)27-16-17-33-25-7-5-6-24(18-25)32-2/h5-15,18H,4,16-17,19H2,1-3H3,(H,27,29). The van der Waals surface area contributed by atoms with Crippen LogP contribution in [-0.4, -0.2) is 40.8 Å². The molecule has 1 N–H and O–H groups in total. The first kappa shape index (κ1) is 25.1. The Morgan fingerprint density at radius 1 is 0.941 bits per heavy atom. The molecule has 0 aliphatic heterocycles. The van der Waals surface area contributed by atoms with E-state index >= 15 is 0 Å². The molecule has 1 amide bonds. The Balaban J connectivity index is 1.56. The van der Waals surface area contributed by atoms with Crippen LogP contribution in [0.25, 0.3) is 0 Å². The minimum atomic E-state index is -3.47. The van der Waals surface area contributed by atoms with Gasteiger partial charge in [0, 0.05) is 11.6 Å². The van der Waals surface area contributed by atoms with Crippen molar-refractivity contribution in [3.8, 4) is 11.5 Å². The number of benzene rings is 3. The molecule has 0 unspecified atom stereocenters. The van der Waals surface area contributed by atoms with E-state index in [-0.39, 0.29) is 12.5 Å². The number of aryl methyl sites for hydroxylation is 1. The zero-order valence-electron chi connectivity index (χ0n) is 19.7. The van der Waals surface area contributed by atoms with Crippen LogP contribution in [0.15, 0.2) is 72.8 Å². The number of rotatable bonds is 11. The van der Waals surface area contributed by atoms with E-state index in [0.29, 0.717) is 35.9 Å². The Hall–Kier alpha value is -3.52. The number of hydrogen-bond acceptors (Lipinski definition) is 5. The molecule has 3 aromatic rings. The Morgan fingerprint density at radius 2 is 1.59 bits per heavy atom. The van der Waals surface area contributed by atoms with Crippen LogP contribution >= 0.6 is 0 Å². The van der Waals surface area contributed by atoms with Gasteiger partial charge in [0.2, 0.25) is 10.0 Å². The van der Waals surface area contributed by atoms with Crippen molar-refractivity contribution in [2.24, 2.45) is 0 Å². The summed E-state index contributed by atoms with van der Waals surface area (Å²) in [6, 6.07) is 21.7. The van der Waals surface area contributed by atoms with Crippen molar-refractivity contribution >= 4 is 21.6 Å². The molecule has 7 nitrogen and oxygen atoms in total. The largest absolute Gasteiger partial charge is 0.497 e. The Labute approximate surface area is 201 Å². The van der Waals surface area contributed by atoms with Crippen LogP contribution in [0.1, 0.15) is 28.4 Å². The molecular formula is C26H30N2O5S. The molecule has 8 heteroatoms. The van der Waals surface area contributed by atoms with E-state index in [2.05, 4.69) is 12.2 Å². The number of carbonyl (C=O) groups excluding carboxylic acids is 1. The molecule has 180 valence electrons. The van der Waals surface area contributed by atoms with Crippen LogP contribution in [0, 0.1) is 0 Å². The van der Waals surface area contributed by atoms with Gasteiger partial charge in [-0.3, -0.25) is 9.10 Å². The monoisotopic (exact) mass is 482 g/mol. The lowest BCUT2D eigenvalue weighted by Gasteiger charge is -2.23. The predicted octanol–water partition coefficient (Wildman–Crippen LogP) is 4.03. The molecule has 3 aromatic carbocycles. The average molecular weight is 483 g/mol. The predicted molar refractivity (Wildman–Crippen MR) is 134 cm³/mol. The second-order valence-electron chi connectivity index (χ2n) is 7.77. The summed E-state index contributed by atoms with van der Waals surface area (Å²) in [4.78, 5) is 12.4. The molecular weight excluding hydrogens is 452 g/mol. The lowest BCUT2D eigenvalue weighted by Crippen LogP contribution is -2.29. The highest BCUT2D eigenvalue weighted by molar-refractivity contribution is 7.92. The quantitative estimate of drug-likeness (QED) is 0.417. The van der Waals surface area contributed by atoms with E-state index in [4.69, 9.17) is 9.47 Å². The van der Waals surface area contributed by atoms with Crippen molar-refractivity contribution in [3.05, 3.63) is 89.5 Å². The van der Waals surface area contributed by atoms with E-state index in [1.165, 1.54) is 10.6 Å². The SMILES string of the molecule is CCc1ccc(N(Cc2ccc(C(=O)NCCOc3cccc(OC)c3)cc2)S(C)(=O)=O)cc1. The van der Waals surface area contributed by atoms with E-state index in [0.717, 1.165) is 17.5 Å². The summed E-state index contributed by atoms with van der Waals surface area (Å²) in [7, 11) is -1.88. The van der Waals surface area contributed by atoms with Crippen LogP contribution in [0.2, 0.25) is 0 Å². The third-order valence-corrected chi connectivity index (χ3v) is 6.41. The molecule has 0 aromatic heterocycles. The third kappa shape index (κ3) is 6.99. The highest BCUT2D eigenvalue weighted by Crippen LogP contribution is 2.22. The van der Waals surface area contributed by atoms with Crippen molar-refractivity contribution < 1.29 is 22.7 Å². The first-order chi connectivity index (χ1) is 16.3. The van der Waals surface area contributed by atoms with Gasteiger partial charge in [0.05, 0.1) is 32.1 Å². The number of hydrogen-bond donors (Lipinski definition) is 1. The van der Waals surface area contributed by atoms with Gasteiger partial charge in [0.15, 0.2) is 0 Å². The van der Waals surface area contributed by atoms with Crippen molar-refractivity contribution in [2.45, 2.75) is 19.9 Å². The van der Waals surface area contributed by atoms with Crippen LogP contribution in [0.3, 0.4) is 0 Å². The number of nitrogens with one attached hydrogen (secondary N) is 1. The van der Waals surface area contributed by atoms with Gasteiger partial charge in [0.1, 0.15) is 18.1 Å². The maximum absolute atomic E-state index is 12.4. The molecule has 0 radical (unpaired) electrons. The zero-order chi connectivity index (χ0) is 24.6. The summed E-state index contributed by atoms with van der Waals surface area (Å²) in [5.41, 5.74) is 3.02. The lowest BCUT2D eigenvalue weighted by molar-refractivity contribution is 0.0947. The summed E-state index contributed by atoms with van der Waals surface area (Å²) in [6.45, 7) is 2.89. The van der Waals surface area contributed by atoms with Crippen LogP contribution in [0.4, 0.5) is 5.69 Å². The molecule has 0 aliphatic rings. The highest BCUT2D eigenvalue weighted by Gasteiger charge is 2.18. The van der Waals surface area contributed by atoms with Gasteiger partial charge in [0.25, 0.3) is 5.91 Å². The Morgan fingerprint density at radius 3 is 2.21 bits per heavy atom. The Bertz CT molecular complexity index is 1190. The minimum absolute atomic E-state index is 0.181. The third-order valence-electron chi connectivity index (χ3n) is 5.27. The summed E-state index contributed by atoms with van der Waals surface area (Å²) < 4.78 is 36.9. The fraction of sp³-hybridized carbons (Fsp3) is 0.269.